The van der Waals surface area contributed by atoms with E-state index in [0.717, 1.165) is 23.2 Å². The van der Waals surface area contributed by atoms with Crippen molar-refractivity contribution < 1.29 is 0 Å². The molecular weight excluding hydrogens is 294 g/mol. The van der Waals surface area contributed by atoms with Crippen molar-refractivity contribution in [3.05, 3.63) is 57.0 Å². The Morgan fingerprint density at radius 2 is 2.04 bits per heavy atom. The first-order valence-corrected chi connectivity index (χ1v) is 7.42. The van der Waals surface area contributed by atoms with Crippen molar-refractivity contribution in [2.24, 2.45) is 0 Å². The molecule has 23 heavy (non-hydrogen) atoms. The summed E-state index contributed by atoms with van der Waals surface area (Å²) in [6.45, 7) is 3.97. The predicted octanol–water partition coefficient (Wildman–Crippen LogP) is 1.32. The third kappa shape index (κ3) is 2.02. The van der Waals surface area contributed by atoms with E-state index in [2.05, 4.69) is 50.1 Å². The number of rotatable bonds is 2. The van der Waals surface area contributed by atoms with Crippen LogP contribution in [0.1, 0.15) is 35.3 Å². The zero-order chi connectivity index (χ0) is 16.0. The quantitative estimate of drug-likeness (QED) is 0.579. The predicted molar refractivity (Wildman–Crippen MR) is 83.8 cm³/mol. The van der Waals surface area contributed by atoms with Crippen LogP contribution in [0.2, 0.25) is 0 Å². The van der Waals surface area contributed by atoms with E-state index < -0.39 is 0 Å². The molecule has 1 atom stereocenters. The summed E-state index contributed by atoms with van der Waals surface area (Å²) in [4.78, 5) is 12.2. The van der Waals surface area contributed by atoms with Crippen LogP contribution in [-0.2, 0) is 6.42 Å². The highest BCUT2D eigenvalue weighted by Crippen LogP contribution is 2.37. The van der Waals surface area contributed by atoms with Crippen LogP contribution in [-0.4, -0.2) is 30.4 Å². The van der Waals surface area contributed by atoms with E-state index in [1.54, 1.807) is 4.68 Å². The van der Waals surface area contributed by atoms with Crippen molar-refractivity contribution in [2.75, 3.05) is 5.32 Å². The number of fused-ring (bicyclic) bond motifs is 2. The van der Waals surface area contributed by atoms with Crippen LogP contribution >= 0.6 is 0 Å². The molecular formula is C15H15N7O. The molecule has 0 saturated heterocycles. The van der Waals surface area contributed by atoms with Gasteiger partial charge in [-0.1, -0.05) is 36.3 Å². The van der Waals surface area contributed by atoms with Gasteiger partial charge in [-0.15, -0.1) is 0 Å². The number of nitrogens with zero attached hydrogens (tertiary/aromatic N) is 5. The molecule has 2 N–H and O–H groups in total. The zero-order valence-corrected chi connectivity index (χ0v) is 12.7. The molecule has 2 aromatic heterocycles. The van der Waals surface area contributed by atoms with Crippen molar-refractivity contribution >= 4 is 11.6 Å². The van der Waals surface area contributed by atoms with Gasteiger partial charge in [-0.3, -0.25) is 4.79 Å². The molecule has 1 aliphatic heterocycles. The molecule has 0 amide bonds. The largest absolute Gasteiger partial charge is 0.318 e. The Hall–Kier alpha value is -3.03. The molecule has 0 aliphatic carbocycles. The summed E-state index contributed by atoms with van der Waals surface area (Å²) in [5.74, 6) is 0.443. The summed E-state index contributed by atoms with van der Waals surface area (Å²) in [5, 5.41) is 21.3. The maximum Gasteiger partial charge on any atom is 0.288 e. The van der Waals surface area contributed by atoms with E-state index in [1.165, 1.54) is 5.56 Å². The van der Waals surface area contributed by atoms with Crippen LogP contribution in [0.15, 0.2) is 29.1 Å². The van der Waals surface area contributed by atoms with Crippen LogP contribution < -0.4 is 10.9 Å². The molecule has 3 aromatic rings. The second kappa shape index (κ2) is 5.01. The average molecular weight is 309 g/mol. The first kappa shape index (κ1) is 13.6. The Balaban J connectivity index is 1.97. The molecule has 116 valence electrons. The Morgan fingerprint density at radius 1 is 1.26 bits per heavy atom. The summed E-state index contributed by atoms with van der Waals surface area (Å²) in [6, 6.07) is 7.97. The summed E-state index contributed by atoms with van der Waals surface area (Å²) >= 11 is 0. The molecule has 0 fully saturated rings. The number of aryl methyl sites for hydroxylation is 2. The third-order valence-electron chi connectivity index (χ3n) is 4.16. The highest BCUT2D eigenvalue weighted by molar-refractivity contribution is 5.64. The minimum absolute atomic E-state index is 0.281. The molecule has 0 unspecified atom stereocenters. The minimum atomic E-state index is -0.282. The molecule has 8 nitrogen and oxygen atoms in total. The van der Waals surface area contributed by atoms with Crippen molar-refractivity contribution in [1.29, 1.82) is 0 Å². The second-order valence-corrected chi connectivity index (χ2v) is 5.50. The number of hydrogen-bond acceptors (Lipinski definition) is 6. The smallest absolute Gasteiger partial charge is 0.288 e. The fourth-order valence-electron chi connectivity index (χ4n) is 2.94. The highest BCUT2D eigenvalue weighted by atomic mass is 16.1. The monoisotopic (exact) mass is 309 g/mol. The van der Waals surface area contributed by atoms with E-state index in [1.807, 2.05) is 19.1 Å². The molecule has 4 rings (SSSR count). The van der Waals surface area contributed by atoms with E-state index in [0.29, 0.717) is 11.6 Å². The second-order valence-electron chi connectivity index (χ2n) is 5.50. The van der Waals surface area contributed by atoms with Gasteiger partial charge in [0.25, 0.3) is 5.56 Å². The number of aromatic amines is 1. The normalized spacial score (nSPS) is 15.7. The lowest BCUT2D eigenvalue weighted by atomic mass is 9.94. The number of nitrogens with one attached hydrogen (secondary N) is 2. The summed E-state index contributed by atoms with van der Waals surface area (Å²) in [5.41, 5.74) is 3.95. The standard InChI is InChI=1S/C15H15N7O/c1-3-9-4-6-10(7-5-9)13-11-8(2)17-18-14(23)12(11)16-15-19-20-21-22(13)15/h4-7,13H,3H2,1-2H3,(H,18,23)(H,16,19,21)/t13-/m0/s1. The van der Waals surface area contributed by atoms with Gasteiger partial charge in [0.05, 0.1) is 5.69 Å². The molecule has 0 bridgehead atoms. The zero-order valence-electron chi connectivity index (χ0n) is 12.7. The van der Waals surface area contributed by atoms with Gasteiger partial charge in [0, 0.05) is 5.56 Å². The van der Waals surface area contributed by atoms with Gasteiger partial charge in [0.2, 0.25) is 5.95 Å². The Bertz CT molecular complexity index is 926. The average Bonchev–Trinajstić information content (AvgIpc) is 3.05. The Labute approximate surface area is 131 Å². The molecule has 0 spiro atoms. The van der Waals surface area contributed by atoms with Gasteiger partial charge < -0.3 is 5.32 Å². The van der Waals surface area contributed by atoms with E-state index >= 15 is 0 Å². The minimum Gasteiger partial charge on any atom is -0.318 e. The lowest BCUT2D eigenvalue weighted by Gasteiger charge is -2.27. The van der Waals surface area contributed by atoms with Gasteiger partial charge in [-0.25, -0.2) is 5.10 Å². The lowest BCUT2D eigenvalue weighted by molar-refractivity contribution is 0.562. The molecule has 1 aliphatic rings. The summed E-state index contributed by atoms with van der Waals surface area (Å²) < 4.78 is 1.68. The van der Waals surface area contributed by atoms with Crippen LogP contribution in [0, 0.1) is 6.92 Å². The third-order valence-corrected chi connectivity index (χ3v) is 4.16. The van der Waals surface area contributed by atoms with Gasteiger partial charge in [-0.2, -0.15) is 9.78 Å². The number of hydrogen-bond donors (Lipinski definition) is 2. The highest BCUT2D eigenvalue weighted by Gasteiger charge is 2.32. The maximum absolute atomic E-state index is 12.2. The topological polar surface area (TPSA) is 101 Å². The molecule has 0 radical (unpaired) electrons. The lowest BCUT2D eigenvalue weighted by Crippen LogP contribution is -2.29. The first-order chi connectivity index (χ1) is 11.2. The Kier molecular flexibility index (Phi) is 2.97. The van der Waals surface area contributed by atoms with E-state index in [-0.39, 0.29) is 11.6 Å². The summed E-state index contributed by atoms with van der Waals surface area (Å²) in [7, 11) is 0. The van der Waals surface area contributed by atoms with Crippen LogP contribution in [0.3, 0.4) is 0 Å². The fourth-order valence-corrected chi connectivity index (χ4v) is 2.94. The number of anilines is 2. The molecule has 1 aromatic carbocycles. The van der Waals surface area contributed by atoms with Crippen LogP contribution in [0.4, 0.5) is 11.6 Å². The maximum atomic E-state index is 12.2. The van der Waals surface area contributed by atoms with E-state index in [9.17, 15) is 4.79 Å². The summed E-state index contributed by atoms with van der Waals surface area (Å²) in [6.07, 6.45) is 0.972. The number of aromatic nitrogens is 6. The van der Waals surface area contributed by atoms with Gasteiger partial charge >= 0.3 is 0 Å². The van der Waals surface area contributed by atoms with Crippen molar-refractivity contribution in [3.8, 4) is 0 Å². The van der Waals surface area contributed by atoms with Gasteiger partial charge in [0.15, 0.2) is 0 Å². The molecule has 0 saturated carbocycles. The van der Waals surface area contributed by atoms with Crippen LogP contribution in [0.5, 0.6) is 0 Å². The van der Waals surface area contributed by atoms with Gasteiger partial charge in [0.1, 0.15) is 11.7 Å². The number of benzene rings is 1. The van der Waals surface area contributed by atoms with Crippen molar-refractivity contribution in [3.63, 3.8) is 0 Å². The number of tetrazole rings is 1. The molecule has 3 heterocycles. The van der Waals surface area contributed by atoms with Crippen molar-refractivity contribution in [1.82, 2.24) is 30.4 Å². The number of H-pyrrole nitrogens is 1. The van der Waals surface area contributed by atoms with E-state index in [4.69, 9.17) is 0 Å². The SMILES string of the molecule is CCc1ccc([C@H]2c3c(C)n[nH]c(=O)c3Nc3nnnn32)cc1. The van der Waals surface area contributed by atoms with Crippen molar-refractivity contribution in [2.45, 2.75) is 26.3 Å². The fraction of sp³-hybridized carbons (Fsp3) is 0.267. The van der Waals surface area contributed by atoms with Crippen LogP contribution in [0.25, 0.3) is 0 Å². The van der Waals surface area contributed by atoms with Gasteiger partial charge in [-0.05, 0) is 34.9 Å². The first-order valence-electron chi connectivity index (χ1n) is 7.42. The molecule has 8 heteroatoms. The Morgan fingerprint density at radius 3 is 2.78 bits per heavy atom.